The smallest absolute Gasteiger partial charge is 0.0998 e. The Balaban J connectivity index is 1.12. The van der Waals surface area contributed by atoms with E-state index in [1.807, 2.05) is 17.4 Å². The number of nitrogens with zero attached hydrogens (tertiary/aromatic N) is 3. The number of fused-ring (bicyclic) bond motifs is 10. The van der Waals surface area contributed by atoms with Crippen LogP contribution < -0.4 is 0 Å². The maximum atomic E-state index is 10.4. The number of hydrogen-bond acceptors (Lipinski definition) is 2. The van der Waals surface area contributed by atoms with Crippen LogP contribution in [-0.4, -0.2) is 9.13 Å². The van der Waals surface area contributed by atoms with Crippen LogP contribution in [0.3, 0.4) is 0 Å². The van der Waals surface area contributed by atoms with Crippen LogP contribution in [0.25, 0.3) is 86.3 Å². The third-order valence-corrected chi connectivity index (χ3v) is 10.7. The highest BCUT2D eigenvalue weighted by Crippen LogP contribution is 2.43. The molecular formula is C43H25N3S. The monoisotopic (exact) mass is 615 g/mol. The Morgan fingerprint density at radius 3 is 1.72 bits per heavy atom. The van der Waals surface area contributed by atoms with Crippen LogP contribution in [0.15, 0.2) is 152 Å². The van der Waals surface area contributed by atoms with Crippen LogP contribution in [0.4, 0.5) is 0 Å². The number of thiophene rings is 1. The fourth-order valence-corrected chi connectivity index (χ4v) is 8.67. The molecule has 0 bridgehead atoms. The second kappa shape index (κ2) is 9.92. The Bertz CT molecular complexity index is 2860. The molecule has 218 valence electrons. The highest BCUT2D eigenvalue weighted by Gasteiger charge is 2.19. The van der Waals surface area contributed by atoms with E-state index >= 15 is 0 Å². The number of rotatable bonds is 3. The van der Waals surface area contributed by atoms with Crippen molar-refractivity contribution in [3.8, 4) is 28.6 Å². The van der Waals surface area contributed by atoms with E-state index in [1.54, 1.807) is 0 Å². The summed E-state index contributed by atoms with van der Waals surface area (Å²) < 4.78 is 7.22. The van der Waals surface area contributed by atoms with E-state index in [-0.39, 0.29) is 0 Å². The Kier molecular flexibility index (Phi) is 5.51. The van der Waals surface area contributed by atoms with Gasteiger partial charge in [0.05, 0.1) is 33.7 Å². The Morgan fingerprint density at radius 2 is 1.02 bits per heavy atom. The SMILES string of the molecule is N#Cc1cc(-n2c3ccccc3c3c4c(ccc32)sc2ccccc24)ccc1-c1ccc(-n2c3ccccc3c3ccccc32)cc1. The predicted molar refractivity (Wildman–Crippen MR) is 198 cm³/mol. The van der Waals surface area contributed by atoms with Crippen molar-refractivity contribution in [1.82, 2.24) is 9.13 Å². The van der Waals surface area contributed by atoms with E-state index in [4.69, 9.17) is 0 Å². The number of benzene rings is 7. The van der Waals surface area contributed by atoms with Crippen molar-refractivity contribution in [2.75, 3.05) is 0 Å². The summed E-state index contributed by atoms with van der Waals surface area (Å²) in [4.78, 5) is 0. The van der Waals surface area contributed by atoms with Gasteiger partial charge in [-0.25, -0.2) is 0 Å². The van der Waals surface area contributed by atoms with Crippen LogP contribution in [0, 0.1) is 11.3 Å². The van der Waals surface area contributed by atoms with E-state index in [2.05, 4.69) is 161 Å². The minimum absolute atomic E-state index is 0.653. The summed E-state index contributed by atoms with van der Waals surface area (Å²) >= 11 is 1.84. The van der Waals surface area contributed by atoms with Gasteiger partial charge in [-0.3, -0.25) is 0 Å². The van der Waals surface area contributed by atoms with Gasteiger partial charge in [0.25, 0.3) is 0 Å². The van der Waals surface area contributed by atoms with Crippen molar-refractivity contribution in [1.29, 1.82) is 5.26 Å². The van der Waals surface area contributed by atoms with Gasteiger partial charge in [0.1, 0.15) is 0 Å². The second-order valence-corrected chi connectivity index (χ2v) is 13.1. The number of aromatic nitrogens is 2. The zero-order chi connectivity index (χ0) is 31.1. The van der Waals surface area contributed by atoms with Gasteiger partial charge in [-0.15, -0.1) is 11.3 Å². The molecule has 0 radical (unpaired) electrons. The maximum Gasteiger partial charge on any atom is 0.0998 e. The molecule has 0 saturated heterocycles. The quantitative estimate of drug-likeness (QED) is 0.195. The summed E-state index contributed by atoms with van der Waals surface area (Å²) in [7, 11) is 0. The largest absolute Gasteiger partial charge is 0.309 e. The summed E-state index contributed by atoms with van der Waals surface area (Å²) in [6, 6.07) is 56.3. The van der Waals surface area contributed by atoms with Crippen LogP contribution in [0.2, 0.25) is 0 Å². The van der Waals surface area contributed by atoms with Gasteiger partial charge in [-0.2, -0.15) is 5.26 Å². The second-order valence-electron chi connectivity index (χ2n) is 12.0. The van der Waals surface area contributed by atoms with E-state index in [0.29, 0.717) is 5.56 Å². The van der Waals surface area contributed by atoms with E-state index in [1.165, 1.54) is 52.8 Å². The summed E-state index contributed by atoms with van der Waals surface area (Å²) in [6.45, 7) is 0. The molecule has 0 spiro atoms. The van der Waals surface area contributed by atoms with E-state index in [9.17, 15) is 5.26 Å². The molecule has 0 saturated carbocycles. The normalized spacial score (nSPS) is 11.8. The average Bonchev–Trinajstić information content (AvgIpc) is 3.79. The molecule has 0 fully saturated rings. The zero-order valence-corrected chi connectivity index (χ0v) is 26.0. The summed E-state index contributed by atoms with van der Waals surface area (Å²) in [5, 5.41) is 18.0. The fraction of sp³-hybridized carbons (Fsp3) is 0. The highest BCUT2D eigenvalue weighted by molar-refractivity contribution is 7.26. The van der Waals surface area contributed by atoms with Crippen molar-refractivity contribution < 1.29 is 0 Å². The van der Waals surface area contributed by atoms with Crippen molar-refractivity contribution in [3.63, 3.8) is 0 Å². The first-order chi connectivity index (χ1) is 23.3. The lowest BCUT2D eigenvalue weighted by atomic mass is 9.99. The zero-order valence-electron chi connectivity index (χ0n) is 25.2. The first-order valence-electron chi connectivity index (χ1n) is 15.8. The first kappa shape index (κ1) is 26.1. The van der Waals surface area contributed by atoms with Crippen molar-refractivity contribution in [2.24, 2.45) is 0 Å². The molecule has 0 unspecified atom stereocenters. The van der Waals surface area contributed by atoms with Crippen molar-refractivity contribution >= 4 is 75.1 Å². The Labute approximate surface area is 274 Å². The molecule has 10 aromatic rings. The highest BCUT2D eigenvalue weighted by atomic mass is 32.1. The average molecular weight is 616 g/mol. The third kappa shape index (κ3) is 3.72. The summed E-state index contributed by atoms with van der Waals surface area (Å²) in [6.07, 6.45) is 0. The molecule has 47 heavy (non-hydrogen) atoms. The molecule has 0 aliphatic heterocycles. The van der Waals surface area contributed by atoms with E-state index in [0.717, 1.165) is 33.5 Å². The molecular weight excluding hydrogens is 591 g/mol. The topological polar surface area (TPSA) is 33.6 Å². The molecule has 4 heteroatoms. The molecule has 0 aliphatic carbocycles. The Morgan fingerprint density at radius 1 is 0.447 bits per heavy atom. The van der Waals surface area contributed by atoms with Gasteiger partial charge in [-0.05, 0) is 71.8 Å². The molecule has 0 amide bonds. The molecule has 0 aliphatic rings. The van der Waals surface area contributed by atoms with Gasteiger partial charge >= 0.3 is 0 Å². The third-order valence-electron chi connectivity index (χ3n) is 9.58. The van der Waals surface area contributed by atoms with Gasteiger partial charge in [0, 0.05) is 53.1 Å². The maximum absolute atomic E-state index is 10.4. The molecule has 0 N–H and O–H groups in total. The minimum atomic E-state index is 0.653. The lowest BCUT2D eigenvalue weighted by molar-refractivity contribution is 1.17. The van der Waals surface area contributed by atoms with Crippen LogP contribution in [-0.2, 0) is 0 Å². The molecule has 0 atom stereocenters. The number of hydrogen-bond donors (Lipinski definition) is 0. The number of nitriles is 1. The van der Waals surface area contributed by atoms with E-state index < -0.39 is 0 Å². The van der Waals surface area contributed by atoms with Gasteiger partial charge < -0.3 is 9.13 Å². The Hall–Kier alpha value is -6.15. The van der Waals surface area contributed by atoms with Gasteiger partial charge in [-0.1, -0.05) is 91.0 Å². The minimum Gasteiger partial charge on any atom is -0.309 e. The molecule has 10 rings (SSSR count). The standard InChI is InChI=1S/C43H25N3S/c44-26-28-25-30(46-38-15-7-3-11-34(38)42-39(46)23-24-41-43(42)35-12-4-8-16-40(35)47-41)21-22-31(28)27-17-19-29(20-18-27)45-36-13-5-1-9-32(36)33-10-2-6-14-37(33)45/h1-25H. The van der Waals surface area contributed by atoms with Crippen LogP contribution in [0.1, 0.15) is 5.56 Å². The molecule has 3 aromatic heterocycles. The number of para-hydroxylation sites is 3. The molecule has 3 heterocycles. The predicted octanol–water partition coefficient (Wildman–Crippen LogP) is 11.8. The lowest BCUT2D eigenvalue weighted by Crippen LogP contribution is -1.96. The lowest BCUT2D eigenvalue weighted by Gasteiger charge is -2.12. The molecule has 3 nitrogen and oxygen atoms in total. The van der Waals surface area contributed by atoms with Crippen LogP contribution >= 0.6 is 11.3 Å². The van der Waals surface area contributed by atoms with Crippen molar-refractivity contribution in [3.05, 3.63) is 157 Å². The summed E-state index contributed by atoms with van der Waals surface area (Å²) in [5.74, 6) is 0. The van der Waals surface area contributed by atoms with Crippen LogP contribution in [0.5, 0.6) is 0 Å². The van der Waals surface area contributed by atoms with Crippen molar-refractivity contribution in [2.45, 2.75) is 0 Å². The van der Waals surface area contributed by atoms with Gasteiger partial charge in [0.2, 0.25) is 0 Å². The summed E-state index contributed by atoms with van der Waals surface area (Å²) in [5.41, 5.74) is 9.33. The molecule has 7 aromatic carbocycles. The van der Waals surface area contributed by atoms with Gasteiger partial charge in [0.15, 0.2) is 0 Å². The first-order valence-corrected chi connectivity index (χ1v) is 16.6. The fourth-order valence-electron chi connectivity index (χ4n) is 7.56.